The summed E-state index contributed by atoms with van der Waals surface area (Å²) in [4.78, 5) is 44.0. The number of anilines is 2. The maximum absolute atomic E-state index is 13.1. The Kier molecular flexibility index (Phi) is 8.79. The van der Waals surface area contributed by atoms with Crippen LogP contribution < -0.4 is 10.6 Å². The summed E-state index contributed by atoms with van der Waals surface area (Å²) in [5.41, 5.74) is 1.23. The number of benzene rings is 1. The number of halogens is 1. The molecule has 1 aromatic carbocycles. The quantitative estimate of drug-likeness (QED) is 0.450. The van der Waals surface area contributed by atoms with Crippen molar-refractivity contribution in [3.05, 3.63) is 58.8 Å². The van der Waals surface area contributed by atoms with E-state index in [2.05, 4.69) is 39.1 Å². The molecule has 0 atom stereocenters. The van der Waals surface area contributed by atoms with Crippen molar-refractivity contribution in [1.29, 1.82) is 0 Å². The molecule has 0 radical (unpaired) electrons. The number of ether oxygens (including phenoxy) is 1. The molecule has 0 spiro atoms. The number of pyridine rings is 1. The van der Waals surface area contributed by atoms with Crippen molar-refractivity contribution in [3.63, 3.8) is 0 Å². The van der Waals surface area contributed by atoms with Gasteiger partial charge in [-0.05, 0) is 75.7 Å². The van der Waals surface area contributed by atoms with Crippen molar-refractivity contribution in [2.75, 3.05) is 30.8 Å². The minimum Gasteiger partial charge on any atom is -0.466 e. The van der Waals surface area contributed by atoms with Gasteiger partial charge < -0.3 is 20.3 Å². The van der Waals surface area contributed by atoms with E-state index >= 15 is 0 Å². The molecule has 2 aromatic rings. The topological polar surface area (TPSA) is 101 Å². The first kappa shape index (κ1) is 25.4. The van der Waals surface area contributed by atoms with Crippen LogP contribution in [0.4, 0.5) is 11.5 Å². The Morgan fingerprint density at radius 3 is 2.50 bits per heavy atom. The van der Waals surface area contributed by atoms with Crippen LogP contribution in [-0.2, 0) is 14.3 Å². The Balaban J connectivity index is 1.81. The lowest BCUT2D eigenvalue weighted by Gasteiger charge is -2.34. The predicted octanol–water partition coefficient (Wildman–Crippen LogP) is 4.23. The molecule has 1 aliphatic heterocycles. The highest BCUT2D eigenvalue weighted by Crippen LogP contribution is 2.24. The van der Waals surface area contributed by atoms with Crippen LogP contribution in [0, 0.1) is 5.92 Å². The molecule has 8 nitrogen and oxygen atoms in total. The number of hydrogen-bond acceptors (Lipinski definition) is 6. The van der Waals surface area contributed by atoms with Gasteiger partial charge in [-0.1, -0.05) is 17.7 Å². The van der Waals surface area contributed by atoms with Gasteiger partial charge in [0.15, 0.2) is 0 Å². The Morgan fingerprint density at radius 1 is 1.15 bits per heavy atom. The number of likely N-dealkylation sites (tertiary alicyclic amines) is 1. The number of hydrogen-bond donors (Lipinski definition) is 2. The number of rotatable bonds is 7. The molecule has 1 saturated heterocycles. The van der Waals surface area contributed by atoms with Crippen molar-refractivity contribution in [3.8, 4) is 0 Å². The van der Waals surface area contributed by atoms with Gasteiger partial charge >= 0.3 is 5.97 Å². The fourth-order valence-corrected chi connectivity index (χ4v) is 3.85. The fourth-order valence-electron chi connectivity index (χ4n) is 3.74. The highest BCUT2D eigenvalue weighted by Gasteiger charge is 2.27. The van der Waals surface area contributed by atoms with E-state index in [1.54, 1.807) is 30.3 Å². The minimum atomic E-state index is -0.513. The Hall–Kier alpha value is -3.23. The van der Waals surface area contributed by atoms with Crippen LogP contribution in [0.2, 0.25) is 5.02 Å². The number of aromatic nitrogens is 1. The van der Waals surface area contributed by atoms with Crippen LogP contribution in [0.15, 0.2) is 42.6 Å². The molecule has 2 N–H and O–H groups in total. The molecule has 9 heteroatoms. The van der Waals surface area contributed by atoms with Gasteiger partial charge in [0.25, 0.3) is 5.91 Å². The van der Waals surface area contributed by atoms with Gasteiger partial charge in [-0.15, -0.1) is 0 Å². The standard InChI is InChI=1S/C25H29ClN4O4/c1-16(2)30-12-10-18(11-13-30)24(32)28-21-7-4-17(5-9-23(31)34-3)14-20(21)25(33)29-22-8-6-19(26)15-27-22/h4-9,14-16,18H,10-13H2,1-3H3,(H,28,32)(H,27,29,33)/b9-5+. The number of piperidine rings is 1. The number of nitrogens with one attached hydrogen (secondary N) is 2. The smallest absolute Gasteiger partial charge is 0.330 e. The maximum atomic E-state index is 13.1. The van der Waals surface area contributed by atoms with Crippen molar-refractivity contribution < 1.29 is 19.1 Å². The molecule has 0 bridgehead atoms. The monoisotopic (exact) mass is 484 g/mol. The lowest BCUT2D eigenvalue weighted by atomic mass is 9.94. The molecule has 34 heavy (non-hydrogen) atoms. The largest absolute Gasteiger partial charge is 0.466 e. The summed E-state index contributed by atoms with van der Waals surface area (Å²) in [6, 6.07) is 8.62. The zero-order chi connectivity index (χ0) is 24.7. The molecule has 180 valence electrons. The molecule has 3 rings (SSSR count). The highest BCUT2D eigenvalue weighted by atomic mass is 35.5. The minimum absolute atomic E-state index is 0.111. The fraction of sp³-hybridized carbons (Fsp3) is 0.360. The second-order valence-corrected chi connectivity index (χ2v) is 8.81. The SMILES string of the molecule is COC(=O)/C=C/c1ccc(NC(=O)C2CCN(C(C)C)CC2)c(C(=O)Nc2ccc(Cl)cn2)c1. The summed E-state index contributed by atoms with van der Waals surface area (Å²) in [6.07, 6.45) is 5.76. The van der Waals surface area contributed by atoms with Crippen LogP contribution in [0.1, 0.15) is 42.6 Å². The normalized spacial score (nSPS) is 14.9. The van der Waals surface area contributed by atoms with Crippen LogP contribution in [0.25, 0.3) is 6.08 Å². The van der Waals surface area contributed by atoms with E-state index in [9.17, 15) is 14.4 Å². The first-order valence-electron chi connectivity index (χ1n) is 11.1. The summed E-state index contributed by atoms with van der Waals surface area (Å²) in [6.45, 7) is 6.03. The number of methoxy groups -OCH3 is 1. The van der Waals surface area contributed by atoms with Gasteiger partial charge in [-0.2, -0.15) is 0 Å². The zero-order valence-corrected chi connectivity index (χ0v) is 20.3. The first-order chi connectivity index (χ1) is 16.3. The first-order valence-corrected chi connectivity index (χ1v) is 11.5. The Morgan fingerprint density at radius 2 is 1.88 bits per heavy atom. The zero-order valence-electron chi connectivity index (χ0n) is 19.5. The third kappa shape index (κ3) is 6.88. The summed E-state index contributed by atoms with van der Waals surface area (Å²) < 4.78 is 4.62. The lowest BCUT2D eigenvalue weighted by Crippen LogP contribution is -2.41. The van der Waals surface area contributed by atoms with Crippen molar-refractivity contribution in [2.45, 2.75) is 32.7 Å². The van der Waals surface area contributed by atoms with E-state index in [1.807, 2.05) is 0 Å². The summed E-state index contributed by atoms with van der Waals surface area (Å²) >= 11 is 5.87. The molecule has 1 fully saturated rings. The summed E-state index contributed by atoms with van der Waals surface area (Å²) in [7, 11) is 1.29. The van der Waals surface area contributed by atoms with E-state index in [-0.39, 0.29) is 17.4 Å². The van der Waals surface area contributed by atoms with Crippen LogP contribution in [0.3, 0.4) is 0 Å². The molecule has 1 aliphatic rings. The molecule has 2 amide bonds. The Labute approximate surface area is 204 Å². The third-order valence-corrected chi connectivity index (χ3v) is 5.98. The van der Waals surface area contributed by atoms with E-state index in [4.69, 9.17) is 11.6 Å². The number of carbonyl (C=O) groups is 3. The maximum Gasteiger partial charge on any atom is 0.330 e. The van der Waals surface area contributed by atoms with Gasteiger partial charge in [0, 0.05) is 24.2 Å². The summed E-state index contributed by atoms with van der Waals surface area (Å²) in [5.74, 6) is -0.875. The molecule has 0 unspecified atom stereocenters. The Bertz CT molecular complexity index is 1060. The van der Waals surface area contributed by atoms with E-state index in [0.717, 1.165) is 25.9 Å². The highest BCUT2D eigenvalue weighted by molar-refractivity contribution is 6.30. The average Bonchev–Trinajstić information content (AvgIpc) is 2.84. The number of amides is 2. The van der Waals surface area contributed by atoms with E-state index in [0.29, 0.717) is 28.1 Å². The van der Waals surface area contributed by atoms with Gasteiger partial charge in [-0.25, -0.2) is 9.78 Å². The van der Waals surface area contributed by atoms with Gasteiger partial charge in [0.05, 0.1) is 23.4 Å². The van der Waals surface area contributed by atoms with Crippen molar-refractivity contribution in [2.24, 2.45) is 5.92 Å². The van der Waals surface area contributed by atoms with Crippen molar-refractivity contribution >= 4 is 47.0 Å². The summed E-state index contributed by atoms with van der Waals surface area (Å²) in [5, 5.41) is 6.09. The van der Waals surface area contributed by atoms with Crippen LogP contribution >= 0.6 is 11.6 Å². The van der Waals surface area contributed by atoms with Crippen LogP contribution in [-0.4, -0.2) is 53.9 Å². The second-order valence-electron chi connectivity index (χ2n) is 8.37. The molecule has 1 aromatic heterocycles. The van der Waals surface area contributed by atoms with E-state index in [1.165, 1.54) is 25.5 Å². The molecular weight excluding hydrogens is 456 g/mol. The average molecular weight is 485 g/mol. The van der Waals surface area contributed by atoms with Gasteiger partial charge in [0.1, 0.15) is 5.82 Å². The van der Waals surface area contributed by atoms with Crippen molar-refractivity contribution in [1.82, 2.24) is 9.88 Å². The van der Waals surface area contributed by atoms with Gasteiger partial charge in [-0.3, -0.25) is 9.59 Å². The lowest BCUT2D eigenvalue weighted by molar-refractivity contribution is -0.134. The van der Waals surface area contributed by atoms with Crippen LogP contribution in [0.5, 0.6) is 0 Å². The molecule has 2 heterocycles. The number of carbonyl (C=O) groups excluding carboxylic acids is 3. The third-order valence-electron chi connectivity index (χ3n) is 5.76. The molecule has 0 saturated carbocycles. The molecular formula is C25H29ClN4O4. The molecule has 0 aliphatic carbocycles. The van der Waals surface area contributed by atoms with E-state index < -0.39 is 11.9 Å². The van der Waals surface area contributed by atoms with Gasteiger partial charge in [0.2, 0.25) is 5.91 Å². The predicted molar refractivity (Wildman–Crippen MR) is 133 cm³/mol. The number of nitrogens with zero attached hydrogens (tertiary/aromatic N) is 2. The number of esters is 1. The second kappa shape index (κ2) is 11.8.